The Labute approximate surface area is 108 Å². The molecule has 1 heterocycles. The quantitative estimate of drug-likeness (QED) is 0.831. The van der Waals surface area contributed by atoms with Gasteiger partial charge in [0.15, 0.2) is 0 Å². The lowest BCUT2D eigenvalue weighted by molar-refractivity contribution is 0.173. The molecule has 1 fully saturated rings. The Bertz CT molecular complexity index is 389. The van der Waals surface area contributed by atoms with Crippen LogP contribution < -0.4 is 10.1 Å². The molecule has 1 aliphatic rings. The van der Waals surface area contributed by atoms with Crippen molar-refractivity contribution in [2.45, 2.75) is 18.4 Å². The van der Waals surface area contributed by atoms with Crippen LogP contribution in [0.15, 0.2) is 18.2 Å². The summed E-state index contributed by atoms with van der Waals surface area (Å²) in [5.41, 5.74) is 2.06. The van der Waals surface area contributed by atoms with Crippen molar-refractivity contribution in [1.29, 1.82) is 0 Å². The van der Waals surface area contributed by atoms with Crippen LogP contribution in [0.5, 0.6) is 5.75 Å². The number of hydrogen-bond acceptors (Lipinski definition) is 4. The van der Waals surface area contributed by atoms with E-state index >= 15 is 0 Å². The first-order valence-electron chi connectivity index (χ1n) is 6.34. The van der Waals surface area contributed by atoms with Crippen molar-refractivity contribution >= 4 is 0 Å². The van der Waals surface area contributed by atoms with Crippen LogP contribution in [0, 0.1) is 0 Å². The van der Waals surface area contributed by atoms with Gasteiger partial charge in [-0.05, 0) is 31.2 Å². The van der Waals surface area contributed by atoms with Crippen LogP contribution in [-0.2, 0) is 4.74 Å². The number of nitrogens with one attached hydrogen (secondary N) is 1. The topological polar surface area (TPSA) is 50.7 Å². The summed E-state index contributed by atoms with van der Waals surface area (Å²) in [6.45, 7) is 2.11. The molecule has 1 aromatic rings. The maximum Gasteiger partial charge on any atom is 0.124 e. The molecule has 2 N–H and O–H groups in total. The fourth-order valence-corrected chi connectivity index (χ4v) is 2.37. The van der Waals surface area contributed by atoms with E-state index in [1.54, 1.807) is 7.11 Å². The van der Waals surface area contributed by atoms with Crippen LogP contribution in [0.3, 0.4) is 0 Å². The third-order valence-corrected chi connectivity index (χ3v) is 3.41. The summed E-state index contributed by atoms with van der Waals surface area (Å²) in [4.78, 5) is 0. The molecule has 4 nitrogen and oxygen atoms in total. The van der Waals surface area contributed by atoms with Gasteiger partial charge in [0.25, 0.3) is 0 Å². The summed E-state index contributed by atoms with van der Waals surface area (Å²) in [6, 6.07) is 6.04. The second-order valence-electron chi connectivity index (χ2n) is 4.64. The molecule has 0 spiro atoms. The van der Waals surface area contributed by atoms with Gasteiger partial charge in [-0.25, -0.2) is 0 Å². The predicted molar refractivity (Wildman–Crippen MR) is 70.1 cm³/mol. The second kappa shape index (κ2) is 6.18. The van der Waals surface area contributed by atoms with E-state index in [2.05, 4.69) is 11.4 Å². The fourth-order valence-electron chi connectivity index (χ4n) is 2.37. The van der Waals surface area contributed by atoms with Crippen LogP contribution in [-0.4, -0.2) is 39.0 Å². The first-order valence-corrected chi connectivity index (χ1v) is 6.34. The summed E-state index contributed by atoms with van der Waals surface area (Å²) < 4.78 is 10.7. The molecule has 2 rings (SSSR count). The van der Waals surface area contributed by atoms with Gasteiger partial charge >= 0.3 is 0 Å². The van der Waals surface area contributed by atoms with Crippen molar-refractivity contribution in [2.75, 3.05) is 33.9 Å². The lowest BCUT2D eigenvalue weighted by Gasteiger charge is -2.17. The van der Waals surface area contributed by atoms with E-state index in [9.17, 15) is 5.11 Å². The molecule has 100 valence electrons. The molecule has 0 saturated carbocycles. The largest absolute Gasteiger partial charge is 0.496 e. The molecule has 2 unspecified atom stereocenters. The van der Waals surface area contributed by atoms with E-state index in [0.717, 1.165) is 30.9 Å². The molecule has 4 heteroatoms. The van der Waals surface area contributed by atoms with Gasteiger partial charge in [0.2, 0.25) is 0 Å². The highest BCUT2D eigenvalue weighted by Crippen LogP contribution is 2.32. The summed E-state index contributed by atoms with van der Waals surface area (Å²) >= 11 is 0. The molecular formula is C14H21NO3. The minimum atomic E-state index is -0.549. The number of benzene rings is 1. The van der Waals surface area contributed by atoms with Gasteiger partial charge in [-0.15, -0.1) is 0 Å². The summed E-state index contributed by atoms with van der Waals surface area (Å²) in [7, 11) is 3.45. The third kappa shape index (κ3) is 2.83. The Morgan fingerprint density at radius 3 is 3.00 bits per heavy atom. The van der Waals surface area contributed by atoms with Crippen LogP contribution in [0.2, 0.25) is 0 Å². The first kappa shape index (κ1) is 13.3. The van der Waals surface area contributed by atoms with E-state index in [0.29, 0.717) is 12.5 Å². The maximum absolute atomic E-state index is 10.1. The molecule has 0 aliphatic carbocycles. The van der Waals surface area contributed by atoms with Crippen molar-refractivity contribution in [3.05, 3.63) is 29.3 Å². The van der Waals surface area contributed by atoms with E-state index in [1.165, 1.54) is 5.56 Å². The first-order chi connectivity index (χ1) is 8.76. The second-order valence-corrected chi connectivity index (χ2v) is 4.64. The zero-order chi connectivity index (χ0) is 13.0. The van der Waals surface area contributed by atoms with Gasteiger partial charge in [-0.1, -0.05) is 6.07 Å². The number of aliphatic hydroxyl groups excluding tert-OH is 1. The zero-order valence-corrected chi connectivity index (χ0v) is 11.0. The molecule has 1 aromatic carbocycles. The molecule has 1 saturated heterocycles. The number of ether oxygens (including phenoxy) is 2. The standard InChI is InChI=1S/C14H21NO3/c1-15-8-13(16)12-7-10(3-4-14(12)17-2)11-5-6-18-9-11/h3-4,7,11,13,15-16H,5-6,8-9H2,1-2H3. The van der Waals surface area contributed by atoms with E-state index in [1.807, 2.05) is 19.2 Å². The van der Waals surface area contributed by atoms with Gasteiger partial charge < -0.3 is 19.9 Å². The van der Waals surface area contributed by atoms with Gasteiger partial charge in [0.05, 0.1) is 19.8 Å². The highest BCUT2D eigenvalue weighted by Gasteiger charge is 2.20. The number of hydrogen-bond donors (Lipinski definition) is 2. The Morgan fingerprint density at radius 2 is 2.39 bits per heavy atom. The normalized spacial score (nSPS) is 20.9. The molecule has 0 amide bonds. The average molecular weight is 251 g/mol. The van der Waals surface area contributed by atoms with E-state index in [4.69, 9.17) is 9.47 Å². The molecule has 2 atom stereocenters. The number of methoxy groups -OCH3 is 1. The predicted octanol–water partition coefficient (Wildman–Crippen LogP) is 1.45. The van der Waals surface area contributed by atoms with Gasteiger partial charge in [-0.3, -0.25) is 0 Å². The van der Waals surface area contributed by atoms with Crippen molar-refractivity contribution in [1.82, 2.24) is 5.32 Å². The average Bonchev–Trinajstić information content (AvgIpc) is 2.92. The Kier molecular flexibility index (Phi) is 4.58. The molecule has 0 aromatic heterocycles. The Morgan fingerprint density at radius 1 is 1.56 bits per heavy atom. The van der Waals surface area contributed by atoms with E-state index in [-0.39, 0.29) is 0 Å². The fraction of sp³-hybridized carbons (Fsp3) is 0.571. The van der Waals surface area contributed by atoms with Gasteiger partial charge in [0.1, 0.15) is 5.75 Å². The molecule has 0 bridgehead atoms. The lowest BCUT2D eigenvalue weighted by atomic mass is 9.94. The Balaban J connectivity index is 2.26. The molecule has 18 heavy (non-hydrogen) atoms. The monoisotopic (exact) mass is 251 g/mol. The van der Waals surface area contributed by atoms with Crippen LogP contribution >= 0.6 is 0 Å². The van der Waals surface area contributed by atoms with Gasteiger partial charge in [0, 0.05) is 24.6 Å². The highest BCUT2D eigenvalue weighted by molar-refractivity contribution is 5.40. The lowest BCUT2D eigenvalue weighted by Crippen LogP contribution is -2.17. The van der Waals surface area contributed by atoms with Crippen molar-refractivity contribution in [3.8, 4) is 5.75 Å². The smallest absolute Gasteiger partial charge is 0.124 e. The number of aliphatic hydroxyl groups is 1. The highest BCUT2D eigenvalue weighted by atomic mass is 16.5. The summed E-state index contributed by atoms with van der Waals surface area (Å²) in [5.74, 6) is 1.18. The Hall–Kier alpha value is -1.10. The van der Waals surface area contributed by atoms with Crippen LogP contribution in [0.4, 0.5) is 0 Å². The van der Waals surface area contributed by atoms with Crippen molar-refractivity contribution in [3.63, 3.8) is 0 Å². The van der Waals surface area contributed by atoms with Gasteiger partial charge in [-0.2, -0.15) is 0 Å². The summed E-state index contributed by atoms with van der Waals surface area (Å²) in [5, 5.41) is 13.1. The minimum Gasteiger partial charge on any atom is -0.496 e. The number of rotatable bonds is 5. The molecular weight excluding hydrogens is 230 g/mol. The van der Waals surface area contributed by atoms with Crippen LogP contribution in [0.1, 0.15) is 29.6 Å². The molecule has 1 aliphatic heterocycles. The maximum atomic E-state index is 10.1. The third-order valence-electron chi connectivity index (χ3n) is 3.41. The van der Waals surface area contributed by atoms with Crippen LogP contribution in [0.25, 0.3) is 0 Å². The van der Waals surface area contributed by atoms with E-state index < -0.39 is 6.10 Å². The van der Waals surface area contributed by atoms with Crippen molar-refractivity contribution in [2.24, 2.45) is 0 Å². The van der Waals surface area contributed by atoms with Crippen molar-refractivity contribution < 1.29 is 14.6 Å². The minimum absolute atomic E-state index is 0.441. The zero-order valence-electron chi connectivity index (χ0n) is 11.0. The summed E-state index contributed by atoms with van der Waals surface area (Å²) in [6.07, 6.45) is 0.501. The SMILES string of the molecule is CNCC(O)c1cc(C2CCOC2)ccc1OC. The number of likely N-dealkylation sites (N-methyl/N-ethyl adjacent to an activating group) is 1. The molecule has 0 radical (unpaired) electrons.